The van der Waals surface area contributed by atoms with Crippen molar-refractivity contribution in [3.63, 3.8) is 0 Å². The van der Waals surface area contributed by atoms with E-state index < -0.39 is 5.97 Å². The number of nitrogens with one attached hydrogen (secondary N) is 2. The summed E-state index contributed by atoms with van der Waals surface area (Å²) in [6.07, 6.45) is 0.333. The highest BCUT2D eigenvalue weighted by molar-refractivity contribution is 6.04. The Labute approximate surface area is 139 Å². The Hall–Kier alpha value is -3.15. The van der Waals surface area contributed by atoms with E-state index in [4.69, 9.17) is 5.11 Å². The van der Waals surface area contributed by atoms with Crippen LogP contribution >= 0.6 is 0 Å². The molecule has 2 amide bonds. The minimum absolute atomic E-state index is 0.0564. The number of carboxylic acid groups (broad SMARTS) is 1. The summed E-state index contributed by atoms with van der Waals surface area (Å²) in [7, 11) is 0. The molecule has 2 aromatic rings. The molecular weight excluding hydrogens is 308 g/mol. The van der Waals surface area contributed by atoms with Crippen molar-refractivity contribution in [3.8, 4) is 0 Å². The van der Waals surface area contributed by atoms with Gasteiger partial charge in [0.1, 0.15) is 0 Å². The van der Waals surface area contributed by atoms with Gasteiger partial charge >= 0.3 is 5.97 Å². The molecule has 0 unspecified atom stereocenters. The summed E-state index contributed by atoms with van der Waals surface area (Å²) < 4.78 is 0. The van der Waals surface area contributed by atoms with Crippen molar-refractivity contribution in [2.45, 2.75) is 19.8 Å². The van der Waals surface area contributed by atoms with Crippen molar-refractivity contribution in [3.05, 3.63) is 59.7 Å². The second kappa shape index (κ2) is 7.92. The van der Waals surface area contributed by atoms with Crippen LogP contribution in [0.5, 0.6) is 0 Å². The molecule has 2 rings (SSSR count). The van der Waals surface area contributed by atoms with E-state index in [0.717, 1.165) is 0 Å². The van der Waals surface area contributed by atoms with E-state index in [0.29, 0.717) is 28.9 Å². The van der Waals surface area contributed by atoms with Crippen molar-refractivity contribution < 1.29 is 19.5 Å². The van der Waals surface area contributed by atoms with Crippen molar-refractivity contribution in [1.82, 2.24) is 0 Å². The first-order chi connectivity index (χ1) is 11.5. The van der Waals surface area contributed by atoms with Crippen LogP contribution in [0.3, 0.4) is 0 Å². The number of carboxylic acids is 1. The van der Waals surface area contributed by atoms with Gasteiger partial charge in [-0.3, -0.25) is 14.4 Å². The van der Waals surface area contributed by atoms with Crippen molar-refractivity contribution in [2.75, 3.05) is 10.6 Å². The molecule has 24 heavy (non-hydrogen) atoms. The van der Waals surface area contributed by atoms with Crippen LogP contribution in [-0.4, -0.2) is 22.9 Å². The maximum atomic E-state index is 12.2. The number of carbonyl (C=O) groups excluding carboxylic acids is 2. The van der Waals surface area contributed by atoms with Gasteiger partial charge in [0.15, 0.2) is 0 Å². The number of aliphatic carboxylic acids is 1. The first-order valence-corrected chi connectivity index (χ1v) is 7.50. The Balaban J connectivity index is 1.99. The minimum atomic E-state index is -0.901. The van der Waals surface area contributed by atoms with Gasteiger partial charge in [-0.15, -0.1) is 0 Å². The van der Waals surface area contributed by atoms with E-state index >= 15 is 0 Å². The van der Waals surface area contributed by atoms with Crippen molar-refractivity contribution in [1.29, 1.82) is 0 Å². The van der Waals surface area contributed by atoms with Crippen LogP contribution in [0.1, 0.15) is 29.3 Å². The number of benzene rings is 2. The smallest absolute Gasteiger partial charge is 0.307 e. The standard InChI is InChI=1S/C18H18N2O4/c1-2-16(21)19-14-9-5-13(6-10-14)18(24)20-15-7-3-12(4-8-15)11-17(22)23/h3-10H,2,11H2,1H3,(H,19,21)(H,20,24)(H,22,23). The predicted molar refractivity (Wildman–Crippen MR) is 91.1 cm³/mol. The summed E-state index contributed by atoms with van der Waals surface area (Å²) in [6, 6.07) is 13.2. The van der Waals surface area contributed by atoms with Gasteiger partial charge in [0.25, 0.3) is 5.91 Å². The van der Waals surface area contributed by atoms with E-state index in [1.807, 2.05) is 0 Å². The highest BCUT2D eigenvalue weighted by atomic mass is 16.4. The first-order valence-electron chi connectivity index (χ1n) is 7.50. The molecule has 0 aliphatic rings. The molecule has 0 spiro atoms. The first kappa shape index (κ1) is 17.2. The highest BCUT2D eigenvalue weighted by Crippen LogP contribution is 2.14. The molecule has 0 aliphatic carbocycles. The fourth-order valence-electron chi connectivity index (χ4n) is 2.04. The third-order valence-corrected chi connectivity index (χ3v) is 3.32. The van der Waals surface area contributed by atoms with Crippen LogP contribution in [-0.2, 0) is 16.0 Å². The van der Waals surface area contributed by atoms with Crippen LogP contribution in [0.25, 0.3) is 0 Å². The molecule has 2 aromatic carbocycles. The van der Waals surface area contributed by atoms with Gasteiger partial charge in [0.05, 0.1) is 6.42 Å². The average Bonchev–Trinajstić information content (AvgIpc) is 2.56. The molecule has 6 nitrogen and oxygen atoms in total. The van der Waals surface area contributed by atoms with Crippen LogP contribution < -0.4 is 10.6 Å². The van der Waals surface area contributed by atoms with Crippen molar-refractivity contribution >= 4 is 29.2 Å². The van der Waals surface area contributed by atoms with E-state index in [9.17, 15) is 14.4 Å². The van der Waals surface area contributed by atoms with Crippen LogP contribution in [0, 0.1) is 0 Å². The average molecular weight is 326 g/mol. The monoisotopic (exact) mass is 326 g/mol. The van der Waals surface area contributed by atoms with Crippen molar-refractivity contribution in [2.24, 2.45) is 0 Å². The Kier molecular flexibility index (Phi) is 5.68. The molecule has 3 N–H and O–H groups in total. The number of amides is 2. The summed E-state index contributed by atoms with van der Waals surface area (Å²) in [5, 5.41) is 14.2. The third kappa shape index (κ3) is 4.95. The Bertz CT molecular complexity index is 737. The van der Waals surface area contributed by atoms with E-state index in [1.165, 1.54) is 0 Å². The molecule has 0 aliphatic heterocycles. The topological polar surface area (TPSA) is 95.5 Å². The van der Waals surface area contributed by atoms with Gasteiger partial charge in [-0.25, -0.2) is 0 Å². The zero-order valence-corrected chi connectivity index (χ0v) is 13.2. The molecular formula is C18H18N2O4. The van der Waals surface area contributed by atoms with Gasteiger partial charge in [0.2, 0.25) is 5.91 Å². The molecule has 0 heterocycles. The maximum Gasteiger partial charge on any atom is 0.307 e. The second-order valence-corrected chi connectivity index (χ2v) is 5.20. The summed E-state index contributed by atoms with van der Waals surface area (Å²) in [5.41, 5.74) is 2.34. The lowest BCUT2D eigenvalue weighted by Gasteiger charge is -2.07. The lowest BCUT2D eigenvalue weighted by molar-refractivity contribution is -0.136. The van der Waals surface area contributed by atoms with Gasteiger partial charge < -0.3 is 15.7 Å². The van der Waals surface area contributed by atoms with Gasteiger partial charge in [0, 0.05) is 23.4 Å². The fraction of sp³-hybridized carbons (Fsp3) is 0.167. The Morgan fingerprint density at radius 1 is 0.875 bits per heavy atom. The fourth-order valence-corrected chi connectivity index (χ4v) is 2.04. The summed E-state index contributed by atoms with van der Waals surface area (Å²) in [4.78, 5) is 34.1. The van der Waals surface area contributed by atoms with Gasteiger partial charge in [-0.05, 0) is 42.0 Å². The molecule has 0 atom stereocenters. The molecule has 124 valence electrons. The summed E-state index contributed by atoms with van der Waals surface area (Å²) in [5.74, 6) is -1.27. The SMILES string of the molecule is CCC(=O)Nc1ccc(C(=O)Nc2ccc(CC(=O)O)cc2)cc1. The molecule has 0 bridgehead atoms. The molecule has 0 saturated heterocycles. The van der Waals surface area contributed by atoms with E-state index in [2.05, 4.69) is 10.6 Å². The van der Waals surface area contributed by atoms with Crippen LogP contribution in [0.4, 0.5) is 11.4 Å². The van der Waals surface area contributed by atoms with E-state index in [-0.39, 0.29) is 18.2 Å². The quantitative estimate of drug-likeness (QED) is 0.760. The number of hydrogen-bond donors (Lipinski definition) is 3. The minimum Gasteiger partial charge on any atom is -0.481 e. The Morgan fingerprint density at radius 3 is 1.96 bits per heavy atom. The number of anilines is 2. The van der Waals surface area contributed by atoms with Crippen LogP contribution in [0.15, 0.2) is 48.5 Å². The molecule has 0 fully saturated rings. The maximum absolute atomic E-state index is 12.2. The summed E-state index contributed by atoms with van der Waals surface area (Å²) in [6.45, 7) is 1.76. The highest BCUT2D eigenvalue weighted by Gasteiger charge is 2.07. The molecule has 0 radical (unpaired) electrons. The zero-order chi connectivity index (χ0) is 17.5. The largest absolute Gasteiger partial charge is 0.481 e. The third-order valence-electron chi connectivity index (χ3n) is 3.32. The number of rotatable bonds is 6. The van der Waals surface area contributed by atoms with E-state index in [1.54, 1.807) is 55.5 Å². The zero-order valence-electron chi connectivity index (χ0n) is 13.2. The second-order valence-electron chi connectivity index (χ2n) is 5.20. The number of hydrogen-bond acceptors (Lipinski definition) is 3. The number of carbonyl (C=O) groups is 3. The van der Waals surface area contributed by atoms with Crippen LogP contribution in [0.2, 0.25) is 0 Å². The van der Waals surface area contributed by atoms with Gasteiger partial charge in [-0.2, -0.15) is 0 Å². The summed E-state index contributed by atoms with van der Waals surface area (Å²) >= 11 is 0. The molecule has 0 saturated carbocycles. The Morgan fingerprint density at radius 2 is 1.42 bits per heavy atom. The lowest BCUT2D eigenvalue weighted by Crippen LogP contribution is -2.13. The normalized spacial score (nSPS) is 10.0. The lowest BCUT2D eigenvalue weighted by atomic mass is 10.1. The predicted octanol–water partition coefficient (Wildman–Crippen LogP) is 2.91. The van der Waals surface area contributed by atoms with Gasteiger partial charge in [-0.1, -0.05) is 19.1 Å². The molecule has 6 heteroatoms. The molecule has 0 aromatic heterocycles.